The van der Waals surface area contributed by atoms with Gasteiger partial charge in [-0.3, -0.25) is 4.79 Å². The average Bonchev–Trinajstić information content (AvgIpc) is 3.17. The fourth-order valence-electron chi connectivity index (χ4n) is 11.7. The highest BCUT2D eigenvalue weighted by Crippen LogP contribution is 2.77. The van der Waals surface area contributed by atoms with Gasteiger partial charge in [0.1, 0.15) is 11.9 Å². The molecule has 0 radical (unpaired) electrons. The standard InChI is InChI=1S/C30H44O3/c1-17-23-19(33-25(17)32)16-27(4)14-15-29(6)18(24(23)27)8-9-21-28(5)12-11-22(31)26(2,3)20(28)10-13-30(21,29)7/h18-21,23-24H,1,8-16H2,2-7H3/t18-,19+,20+,21+,23-,24+,27+,28+,29-,30-/m0/s1. The first kappa shape index (κ1) is 22.4. The second kappa shape index (κ2) is 6.35. The van der Waals surface area contributed by atoms with Crippen molar-refractivity contribution in [1.82, 2.24) is 0 Å². The Morgan fingerprint density at radius 1 is 0.848 bits per heavy atom. The van der Waals surface area contributed by atoms with Gasteiger partial charge in [-0.2, -0.15) is 0 Å². The minimum atomic E-state index is -0.185. The number of rotatable bonds is 0. The number of ketones is 1. The second-order valence-electron chi connectivity index (χ2n) is 14.7. The zero-order chi connectivity index (χ0) is 23.8. The van der Waals surface area contributed by atoms with E-state index >= 15 is 0 Å². The van der Waals surface area contributed by atoms with Gasteiger partial charge in [-0.1, -0.05) is 48.1 Å². The van der Waals surface area contributed by atoms with Gasteiger partial charge in [0.2, 0.25) is 0 Å². The lowest BCUT2D eigenvalue weighted by Crippen LogP contribution is -2.66. The predicted octanol–water partition coefficient (Wildman–Crippen LogP) is 6.75. The lowest BCUT2D eigenvalue weighted by molar-refractivity contribution is -0.232. The van der Waals surface area contributed by atoms with Gasteiger partial charge < -0.3 is 4.74 Å². The Hall–Kier alpha value is -1.12. The third-order valence-corrected chi connectivity index (χ3v) is 13.5. The van der Waals surface area contributed by atoms with Crippen LogP contribution >= 0.6 is 0 Å². The summed E-state index contributed by atoms with van der Waals surface area (Å²) in [4.78, 5) is 25.4. The van der Waals surface area contributed by atoms with Crippen molar-refractivity contribution in [3.05, 3.63) is 12.2 Å². The molecule has 1 saturated heterocycles. The maximum atomic E-state index is 12.9. The molecule has 1 aliphatic heterocycles. The van der Waals surface area contributed by atoms with Crippen LogP contribution in [0.2, 0.25) is 0 Å². The minimum absolute atomic E-state index is 0.0614. The number of Topliss-reactive ketones (excluding diaryl/α,β-unsaturated/α-hetero) is 1. The lowest BCUT2D eigenvalue weighted by atomic mass is 9.32. The topological polar surface area (TPSA) is 43.4 Å². The molecule has 6 fully saturated rings. The normalized spacial score (nSPS) is 56.8. The molecule has 0 N–H and O–H groups in total. The molecule has 6 aliphatic rings. The van der Waals surface area contributed by atoms with Gasteiger partial charge in [-0.05, 0) is 96.7 Å². The number of carbonyl (C=O) groups is 2. The van der Waals surface area contributed by atoms with E-state index in [1.807, 2.05) is 0 Å². The summed E-state index contributed by atoms with van der Waals surface area (Å²) in [5, 5.41) is 0. The van der Waals surface area contributed by atoms with Crippen LogP contribution in [-0.4, -0.2) is 17.9 Å². The minimum Gasteiger partial charge on any atom is -0.458 e. The van der Waals surface area contributed by atoms with Crippen molar-refractivity contribution in [3.63, 3.8) is 0 Å². The zero-order valence-electron chi connectivity index (χ0n) is 21.8. The summed E-state index contributed by atoms with van der Waals surface area (Å²) >= 11 is 0. The van der Waals surface area contributed by atoms with E-state index < -0.39 is 0 Å². The number of fused-ring (bicyclic) bond motifs is 9. The Balaban J connectivity index is 1.40. The van der Waals surface area contributed by atoms with Gasteiger partial charge in [0.05, 0.1) is 0 Å². The molecule has 0 aromatic carbocycles. The molecule has 0 aromatic rings. The van der Waals surface area contributed by atoms with Crippen LogP contribution < -0.4 is 0 Å². The van der Waals surface area contributed by atoms with Crippen molar-refractivity contribution in [3.8, 4) is 0 Å². The van der Waals surface area contributed by atoms with Crippen molar-refractivity contribution < 1.29 is 14.3 Å². The molecule has 1 heterocycles. The molecule has 0 unspecified atom stereocenters. The summed E-state index contributed by atoms with van der Waals surface area (Å²) in [5.74, 6) is 2.93. The molecule has 3 heteroatoms. The molecule has 0 spiro atoms. The van der Waals surface area contributed by atoms with Gasteiger partial charge in [0, 0.05) is 23.3 Å². The summed E-state index contributed by atoms with van der Waals surface area (Å²) in [6, 6.07) is 0. The molecule has 5 aliphatic carbocycles. The highest BCUT2D eigenvalue weighted by Gasteiger charge is 2.72. The Labute approximate surface area is 200 Å². The van der Waals surface area contributed by atoms with Crippen molar-refractivity contribution in [2.24, 2.45) is 56.7 Å². The van der Waals surface area contributed by atoms with Crippen molar-refractivity contribution in [2.75, 3.05) is 0 Å². The van der Waals surface area contributed by atoms with E-state index in [0.29, 0.717) is 34.9 Å². The van der Waals surface area contributed by atoms with Crippen LogP contribution in [-0.2, 0) is 14.3 Å². The van der Waals surface area contributed by atoms with Gasteiger partial charge in [-0.25, -0.2) is 4.79 Å². The van der Waals surface area contributed by atoms with E-state index in [2.05, 4.69) is 48.1 Å². The molecule has 0 aromatic heterocycles. The fraction of sp³-hybridized carbons (Fsp3) is 0.867. The van der Waals surface area contributed by atoms with Crippen molar-refractivity contribution in [1.29, 1.82) is 0 Å². The number of carbonyl (C=O) groups excluding carboxylic acids is 2. The summed E-state index contributed by atoms with van der Waals surface area (Å²) in [5.41, 5.74) is 1.67. The predicted molar refractivity (Wildman–Crippen MR) is 129 cm³/mol. The van der Waals surface area contributed by atoms with E-state index in [-0.39, 0.29) is 39.7 Å². The molecule has 3 nitrogen and oxygen atoms in total. The van der Waals surface area contributed by atoms with Crippen LogP contribution in [0.3, 0.4) is 0 Å². The number of esters is 1. The highest BCUT2D eigenvalue weighted by atomic mass is 16.6. The van der Waals surface area contributed by atoms with Gasteiger partial charge >= 0.3 is 5.97 Å². The molecule has 182 valence electrons. The third-order valence-electron chi connectivity index (χ3n) is 13.5. The van der Waals surface area contributed by atoms with Crippen LogP contribution in [0.25, 0.3) is 0 Å². The van der Waals surface area contributed by atoms with Crippen LogP contribution in [0.5, 0.6) is 0 Å². The van der Waals surface area contributed by atoms with Crippen molar-refractivity contribution in [2.45, 2.75) is 105 Å². The van der Waals surface area contributed by atoms with E-state index in [1.54, 1.807) is 0 Å². The van der Waals surface area contributed by atoms with Crippen LogP contribution in [0, 0.1) is 56.7 Å². The number of ether oxygens (including phenoxy) is 1. The Morgan fingerprint density at radius 2 is 1.58 bits per heavy atom. The first-order chi connectivity index (χ1) is 15.3. The first-order valence-electron chi connectivity index (χ1n) is 13.7. The summed E-state index contributed by atoms with van der Waals surface area (Å²) in [7, 11) is 0. The molecule has 0 amide bonds. The Morgan fingerprint density at radius 3 is 2.30 bits per heavy atom. The monoisotopic (exact) mass is 452 g/mol. The average molecular weight is 453 g/mol. The summed E-state index contributed by atoms with van der Waals surface area (Å²) < 4.78 is 5.85. The second-order valence-corrected chi connectivity index (χ2v) is 14.7. The third kappa shape index (κ3) is 2.43. The largest absolute Gasteiger partial charge is 0.458 e. The summed E-state index contributed by atoms with van der Waals surface area (Å²) in [6.07, 6.45) is 10.4. The van der Waals surface area contributed by atoms with E-state index in [1.165, 1.54) is 38.5 Å². The van der Waals surface area contributed by atoms with Crippen LogP contribution in [0.15, 0.2) is 12.2 Å². The van der Waals surface area contributed by atoms with Gasteiger partial charge in [-0.15, -0.1) is 0 Å². The van der Waals surface area contributed by atoms with Crippen LogP contribution in [0.1, 0.15) is 99.3 Å². The molecule has 33 heavy (non-hydrogen) atoms. The summed E-state index contributed by atoms with van der Waals surface area (Å²) in [6.45, 7) is 19.0. The first-order valence-corrected chi connectivity index (χ1v) is 13.7. The van der Waals surface area contributed by atoms with Crippen LogP contribution in [0.4, 0.5) is 0 Å². The fourth-order valence-corrected chi connectivity index (χ4v) is 11.7. The zero-order valence-corrected chi connectivity index (χ0v) is 21.8. The molecule has 5 saturated carbocycles. The number of hydrogen-bond donors (Lipinski definition) is 0. The SMILES string of the molecule is C=C1C(=O)O[C@@H]2C[C@@]3(C)CC[C@@]4(C)[C@@H](CC[C@@H]5[C@]6(C)CCC(=O)C(C)(C)[C@H]6CC[C@@]54C)[C@@H]3[C@@H]12. The van der Waals surface area contributed by atoms with E-state index in [9.17, 15) is 9.59 Å². The lowest BCUT2D eigenvalue weighted by Gasteiger charge is -2.72. The maximum absolute atomic E-state index is 12.9. The smallest absolute Gasteiger partial charge is 0.334 e. The van der Waals surface area contributed by atoms with Crippen molar-refractivity contribution >= 4 is 11.8 Å². The van der Waals surface area contributed by atoms with Gasteiger partial charge in [0.25, 0.3) is 0 Å². The maximum Gasteiger partial charge on any atom is 0.334 e. The number of hydrogen-bond acceptors (Lipinski definition) is 3. The Bertz CT molecular complexity index is 948. The molecule has 0 bridgehead atoms. The van der Waals surface area contributed by atoms with E-state index in [4.69, 9.17) is 4.74 Å². The Kier molecular flexibility index (Phi) is 4.30. The van der Waals surface area contributed by atoms with Gasteiger partial charge in [0.15, 0.2) is 0 Å². The molecular formula is C30H44O3. The molecule has 6 rings (SSSR count). The van der Waals surface area contributed by atoms with E-state index in [0.717, 1.165) is 24.8 Å². The molecular weight excluding hydrogens is 408 g/mol. The quantitative estimate of drug-likeness (QED) is 0.302. The molecule has 10 atom stereocenters. The highest BCUT2D eigenvalue weighted by molar-refractivity contribution is 5.91.